The number of thiazole rings is 1. The number of rotatable bonds is 10. The number of hydrogen-bond donors (Lipinski definition) is 1. The van der Waals surface area contributed by atoms with Crippen molar-refractivity contribution in [1.82, 2.24) is 14.8 Å². The summed E-state index contributed by atoms with van der Waals surface area (Å²) in [4.78, 5) is 36.8. The van der Waals surface area contributed by atoms with Crippen LogP contribution in [0.3, 0.4) is 0 Å². The highest BCUT2D eigenvalue weighted by atomic mass is 32.1. The summed E-state index contributed by atoms with van der Waals surface area (Å²) in [6.07, 6.45) is 7.25. The Morgan fingerprint density at radius 3 is 2.74 bits per heavy atom. The van der Waals surface area contributed by atoms with Crippen molar-refractivity contribution in [2.24, 2.45) is 11.7 Å². The molecule has 2 saturated heterocycles. The van der Waals surface area contributed by atoms with Gasteiger partial charge < -0.3 is 10.6 Å². The molecule has 2 N–H and O–H groups in total. The average molecular weight is 483 g/mol. The average Bonchev–Trinajstić information content (AvgIpc) is 3.46. The number of nitrogens with zero attached hydrogens (tertiary/aromatic N) is 3. The van der Waals surface area contributed by atoms with Crippen LogP contribution in [0.1, 0.15) is 56.4 Å². The Morgan fingerprint density at radius 1 is 1.24 bits per heavy atom. The van der Waals surface area contributed by atoms with Crippen molar-refractivity contribution in [3.63, 3.8) is 0 Å². The second-order valence-corrected chi connectivity index (χ2v) is 11.3. The largest absolute Gasteiger partial charge is 0.331 e. The Balaban J connectivity index is 1.50. The molecule has 4 rings (SSSR count). The summed E-state index contributed by atoms with van der Waals surface area (Å²) in [7, 11) is 0. The van der Waals surface area contributed by atoms with Gasteiger partial charge in [-0.25, -0.2) is 0 Å². The fourth-order valence-corrected chi connectivity index (χ4v) is 6.15. The molecule has 6 nitrogen and oxygen atoms in total. The van der Waals surface area contributed by atoms with Crippen LogP contribution in [0.2, 0.25) is 0 Å². The van der Waals surface area contributed by atoms with Gasteiger partial charge in [-0.3, -0.25) is 19.5 Å². The zero-order chi connectivity index (χ0) is 24.1. The van der Waals surface area contributed by atoms with Crippen molar-refractivity contribution in [2.75, 3.05) is 13.1 Å². The van der Waals surface area contributed by atoms with Crippen LogP contribution < -0.4 is 5.73 Å². The number of carbonyl (C=O) groups is 2. The maximum Gasteiger partial charge on any atom is 0.240 e. The van der Waals surface area contributed by atoms with Crippen LogP contribution in [-0.4, -0.2) is 63.7 Å². The third-order valence-electron chi connectivity index (χ3n) is 7.26. The molecule has 4 atom stereocenters. The van der Waals surface area contributed by atoms with E-state index in [4.69, 9.17) is 5.73 Å². The topological polar surface area (TPSA) is 79.5 Å². The van der Waals surface area contributed by atoms with E-state index in [0.29, 0.717) is 44.2 Å². The predicted octanol–water partition coefficient (Wildman–Crippen LogP) is 3.69. The second-order valence-electron chi connectivity index (χ2n) is 10.3. The third kappa shape index (κ3) is 6.12. The molecule has 184 valence electrons. The maximum absolute atomic E-state index is 13.8. The van der Waals surface area contributed by atoms with E-state index in [0.717, 1.165) is 30.7 Å². The van der Waals surface area contributed by atoms with Gasteiger partial charge in [-0.05, 0) is 50.0 Å². The molecule has 0 spiro atoms. The van der Waals surface area contributed by atoms with E-state index in [1.54, 1.807) is 16.8 Å². The van der Waals surface area contributed by atoms with E-state index in [9.17, 15) is 9.59 Å². The van der Waals surface area contributed by atoms with Crippen molar-refractivity contribution < 1.29 is 9.59 Å². The van der Waals surface area contributed by atoms with Gasteiger partial charge in [-0.1, -0.05) is 44.2 Å². The number of amides is 1. The fourth-order valence-electron chi connectivity index (χ4n) is 5.55. The highest BCUT2D eigenvalue weighted by molar-refractivity contribution is 7.09. The Bertz CT molecular complexity index is 933. The lowest BCUT2D eigenvalue weighted by Gasteiger charge is -2.33. The molecule has 1 unspecified atom stereocenters. The lowest BCUT2D eigenvalue weighted by molar-refractivity contribution is -0.142. The van der Waals surface area contributed by atoms with Crippen LogP contribution in [0.25, 0.3) is 0 Å². The molecule has 3 heterocycles. The first kappa shape index (κ1) is 25.0. The minimum atomic E-state index is -0.355. The van der Waals surface area contributed by atoms with Crippen LogP contribution in [0.5, 0.6) is 0 Å². The molecule has 2 aliphatic rings. The molecule has 1 aromatic heterocycles. The zero-order valence-corrected chi connectivity index (χ0v) is 21.3. The standard InChI is InChI=1S/C27H38N4O2S/c1-19(2)14-24(26(32)11-10-23-16-29-18-34-23)30-13-12-22(9-8-20-6-4-3-5-7-20)31-17-21(28)15-25(31)27(30)33/h3-7,16,18-19,21-22,24-25H,8-15,17,28H2,1-2H3/t21-,22?,24-,25+/m1/s1. The number of benzene rings is 1. The summed E-state index contributed by atoms with van der Waals surface area (Å²) < 4.78 is 0. The van der Waals surface area contributed by atoms with Crippen molar-refractivity contribution in [3.05, 3.63) is 52.5 Å². The number of nitrogens with two attached hydrogens (primary N) is 1. The van der Waals surface area contributed by atoms with E-state index in [-0.39, 0.29) is 29.8 Å². The van der Waals surface area contributed by atoms with Gasteiger partial charge in [0, 0.05) is 42.7 Å². The normalized spacial score (nSPS) is 24.3. The minimum absolute atomic E-state index is 0.0127. The van der Waals surface area contributed by atoms with Gasteiger partial charge in [0.1, 0.15) is 0 Å². The quantitative estimate of drug-likeness (QED) is 0.559. The third-order valence-corrected chi connectivity index (χ3v) is 8.10. The Labute approximate surface area is 207 Å². The molecule has 7 heteroatoms. The molecule has 1 amide bonds. The Morgan fingerprint density at radius 2 is 2.03 bits per heavy atom. The molecule has 0 radical (unpaired) electrons. The van der Waals surface area contributed by atoms with Crippen molar-refractivity contribution in [3.8, 4) is 0 Å². The number of aromatic nitrogens is 1. The van der Waals surface area contributed by atoms with E-state index < -0.39 is 0 Å². The Kier molecular flexibility index (Phi) is 8.51. The highest BCUT2D eigenvalue weighted by Crippen LogP contribution is 2.31. The highest BCUT2D eigenvalue weighted by Gasteiger charge is 2.45. The van der Waals surface area contributed by atoms with Crippen molar-refractivity contribution >= 4 is 23.0 Å². The molecule has 1 aromatic carbocycles. The van der Waals surface area contributed by atoms with E-state index in [1.807, 2.05) is 17.2 Å². The SMILES string of the molecule is CC(C)C[C@H](C(=O)CCc1cncs1)N1CCC(CCc2ccccc2)N2C[C@H](N)C[C@H]2C1=O. The first-order valence-electron chi connectivity index (χ1n) is 12.7. The molecular weight excluding hydrogens is 444 g/mol. The molecule has 0 aliphatic carbocycles. The first-order valence-corrected chi connectivity index (χ1v) is 13.6. The Hall–Kier alpha value is -2.09. The predicted molar refractivity (Wildman–Crippen MR) is 137 cm³/mol. The number of hydrogen-bond acceptors (Lipinski definition) is 6. The number of carbonyl (C=O) groups excluding carboxylic acids is 2. The lowest BCUT2D eigenvalue weighted by atomic mass is 9.95. The molecule has 34 heavy (non-hydrogen) atoms. The van der Waals surface area contributed by atoms with Gasteiger partial charge in [-0.2, -0.15) is 0 Å². The number of ketones is 1. The number of Topliss-reactive ketones (excluding diaryl/α,β-unsaturated/α-hetero) is 1. The van der Waals surface area contributed by atoms with Crippen LogP contribution in [0.4, 0.5) is 0 Å². The van der Waals surface area contributed by atoms with E-state index in [1.165, 1.54) is 5.56 Å². The lowest BCUT2D eigenvalue weighted by Crippen LogP contribution is -2.51. The monoisotopic (exact) mass is 482 g/mol. The van der Waals surface area contributed by atoms with Gasteiger partial charge in [0.2, 0.25) is 5.91 Å². The fraction of sp³-hybridized carbons (Fsp3) is 0.593. The second kappa shape index (κ2) is 11.6. The van der Waals surface area contributed by atoms with Crippen LogP contribution in [-0.2, 0) is 22.4 Å². The van der Waals surface area contributed by atoms with Gasteiger partial charge >= 0.3 is 0 Å². The minimum Gasteiger partial charge on any atom is -0.331 e. The van der Waals surface area contributed by atoms with Gasteiger partial charge in [0.15, 0.2) is 5.78 Å². The maximum atomic E-state index is 13.8. The molecule has 2 aliphatic heterocycles. The summed E-state index contributed by atoms with van der Waals surface area (Å²) in [5.74, 6) is 0.614. The molecular formula is C27H38N4O2S. The summed E-state index contributed by atoms with van der Waals surface area (Å²) in [5, 5.41) is 0. The first-order chi connectivity index (χ1) is 16.4. The van der Waals surface area contributed by atoms with Crippen molar-refractivity contribution in [2.45, 2.75) is 83.0 Å². The summed E-state index contributed by atoms with van der Waals surface area (Å²) in [6.45, 7) is 5.67. The summed E-state index contributed by atoms with van der Waals surface area (Å²) in [6, 6.07) is 10.3. The number of fused-ring (bicyclic) bond motifs is 1. The summed E-state index contributed by atoms with van der Waals surface area (Å²) >= 11 is 1.58. The molecule has 0 bridgehead atoms. The van der Waals surface area contributed by atoms with Crippen LogP contribution in [0, 0.1) is 5.92 Å². The van der Waals surface area contributed by atoms with E-state index >= 15 is 0 Å². The molecule has 0 saturated carbocycles. The smallest absolute Gasteiger partial charge is 0.240 e. The van der Waals surface area contributed by atoms with E-state index in [2.05, 4.69) is 48.0 Å². The zero-order valence-electron chi connectivity index (χ0n) is 20.4. The molecule has 2 fully saturated rings. The summed E-state index contributed by atoms with van der Waals surface area (Å²) in [5.41, 5.74) is 9.48. The van der Waals surface area contributed by atoms with Gasteiger partial charge in [0.25, 0.3) is 0 Å². The van der Waals surface area contributed by atoms with Crippen LogP contribution in [0.15, 0.2) is 42.0 Å². The van der Waals surface area contributed by atoms with Gasteiger partial charge in [-0.15, -0.1) is 11.3 Å². The van der Waals surface area contributed by atoms with Crippen molar-refractivity contribution in [1.29, 1.82) is 0 Å². The van der Waals surface area contributed by atoms with Gasteiger partial charge in [0.05, 0.1) is 17.6 Å². The molecule has 2 aromatic rings. The van der Waals surface area contributed by atoms with Crippen LogP contribution >= 0.6 is 11.3 Å². The number of aryl methyl sites for hydroxylation is 2.